The van der Waals surface area contributed by atoms with E-state index < -0.39 is 0 Å². The molecule has 1 rings (SSSR count). The number of ether oxygens (including phenoxy) is 1. The number of terminal acetylenes is 1. The first-order valence-electron chi connectivity index (χ1n) is 5.22. The summed E-state index contributed by atoms with van der Waals surface area (Å²) in [7, 11) is 0. The van der Waals surface area contributed by atoms with Gasteiger partial charge < -0.3 is 10.1 Å². The minimum Gasteiger partial charge on any atom is -0.481 e. The van der Waals surface area contributed by atoms with Gasteiger partial charge in [-0.25, -0.2) is 0 Å². The van der Waals surface area contributed by atoms with E-state index in [4.69, 9.17) is 22.8 Å². The van der Waals surface area contributed by atoms with Crippen LogP contribution in [0.4, 0.5) is 0 Å². The lowest BCUT2D eigenvalue weighted by molar-refractivity contribution is 0.364. The molecule has 2 nitrogen and oxygen atoms in total. The summed E-state index contributed by atoms with van der Waals surface area (Å²) in [6.45, 7) is 5.10. The molecular formula is C13H16ClNO. The van der Waals surface area contributed by atoms with Crippen molar-refractivity contribution in [2.75, 3.05) is 6.61 Å². The number of rotatable bonds is 5. The summed E-state index contributed by atoms with van der Waals surface area (Å²) in [5, 5.41) is 4.00. The van der Waals surface area contributed by atoms with E-state index in [0.717, 1.165) is 11.3 Å². The fourth-order valence-corrected chi connectivity index (χ4v) is 1.50. The van der Waals surface area contributed by atoms with Crippen molar-refractivity contribution >= 4 is 11.6 Å². The Morgan fingerprint density at radius 1 is 1.50 bits per heavy atom. The van der Waals surface area contributed by atoms with Crippen LogP contribution in [0.25, 0.3) is 0 Å². The fraction of sp³-hybridized carbons (Fsp3) is 0.385. The second-order valence-electron chi connectivity index (χ2n) is 3.74. The molecule has 0 saturated heterocycles. The van der Waals surface area contributed by atoms with E-state index in [1.165, 1.54) is 0 Å². The van der Waals surface area contributed by atoms with Gasteiger partial charge in [-0.1, -0.05) is 37.4 Å². The van der Waals surface area contributed by atoms with Crippen LogP contribution >= 0.6 is 11.6 Å². The topological polar surface area (TPSA) is 21.3 Å². The van der Waals surface area contributed by atoms with Crippen molar-refractivity contribution < 1.29 is 4.74 Å². The highest BCUT2D eigenvalue weighted by Crippen LogP contribution is 2.26. The highest BCUT2D eigenvalue weighted by atomic mass is 35.5. The van der Waals surface area contributed by atoms with Crippen molar-refractivity contribution in [1.82, 2.24) is 5.32 Å². The standard InChI is InChI=1S/C13H16ClNO/c1-4-8-16-13-7-5-6-12(14)11(13)9-15-10(2)3/h1,5-7,10,15H,8-9H2,2-3H3. The van der Waals surface area contributed by atoms with Gasteiger partial charge in [-0.05, 0) is 12.1 Å². The molecule has 0 spiro atoms. The number of halogens is 1. The highest BCUT2D eigenvalue weighted by Gasteiger charge is 2.08. The smallest absolute Gasteiger partial charge is 0.148 e. The average Bonchev–Trinajstić information content (AvgIpc) is 2.24. The highest BCUT2D eigenvalue weighted by molar-refractivity contribution is 6.31. The van der Waals surface area contributed by atoms with Crippen LogP contribution in [0.5, 0.6) is 5.75 Å². The van der Waals surface area contributed by atoms with Gasteiger partial charge in [0, 0.05) is 23.2 Å². The Balaban J connectivity index is 2.82. The normalized spacial score (nSPS) is 10.2. The minimum absolute atomic E-state index is 0.259. The van der Waals surface area contributed by atoms with E-state index in [-0.39, 0.29) is 6.61 Å². The fourth-order valence-electron chi connectivity index (χ4n) is 1.27. The maximum atomic E-state index is 6.12. The molecule has 0 aromatic heterocycles. The van der Waals surface area contributed by atoms with Crippen LogP contribution in [0, 0.1) is 12.3 Å². The zero-order valence-corrected chi connectivity index (χ0v) is 10.3. The molecule has 0 amide bonds. The van der Waals surface area contributed by atoms with Gasteiger partial charge in [0.2, 0.25) is 0 Å². The third-order valence-electron chi connectivity index (χ3n) is 2.07. The molecule has 0 atom stereocenters. The summed E-state index contributed by atoms with van der Waals surface area (Å²) in [6, 6.07) is 5.98. The van der Waals surface area contributed by atoms with Crippen LogP contribution < -0.4 is 10.1 Å². The lowest BCUT2D eigenvalue weighted by Crippen LogP contribution is -2.22. The average molecular weight is 238 g/mol. The molecule has 1 N–H and O–H groups in total. The molecule has 86 valence electrons. The lowest BCUT2D eigenvalue weighted by Gasteiger charge is -2.13. The largest absolute Gasteiger partial charge is 0.481 e. The van der Waals surface area contributed by atoms with Gasteiger partial charge in [0.05, 0.1) is 0 Å². The summed E-state index contributed by atoms with van der Waals surface area (Å²) in [4.78, 5) is 0. The summed E-state index contributed by atoms with van der Waals surface area (Å²) in [5.74, 6) is 3.19. The van der Waals surface area contributed by atoms with Crippen molar-refractivity contribution in [3.05, 3.63) is 28.8 Å². The van der Waals surface area contributed by atoms with E-state index in [9.17, 15) is 0 Å². The van der Waals surface area contributed by atoms with E-state index in [0.29, 0.717) is 17.6 Å². The van der Waals surface area contributed by atoms with Crippen molar-refractivity contribution in [2.45, 2.75) is 26.4 Å². The summed E-state index contributed by atoms with van der Waals surface area (Å²) in [6.07, 6.45) is 5.16. The zero-order chi connectivity index (χ0) is 12.0. The Hall–Kier alpha value is -1.17. The summed E-state index contributed by atoms with van der Waals surface area (Å²) in [5.41, 5.74) is 0.952. The third kappa shape index (κ3) is 3.77. The number of hydrogen-bond donors (Lipinski definition) is 1. The van der Waals surface area contributed by atoms with Gasteiger partial charge in [-0.3, -0.25) is 0 Å². The second kappa shape index (κ2) is 6.42. The Bertz CT molecular complexity index is 382. The van der Waals surface area contributed by atoms with Crippen LogP contribution in [0.15, 0.2) is 18.2 Å². The molecule has 0 saturated carbocycles. The molecule has 16 heavy (non-hydrogen) atoms. The van der Waals surface area contributed by atoms with E-state index in [2.05, 4.69) is 25.1 Å². The van der Waals surface area contributed by atoms with E-state index in [1.807, 2.05) is 18.2 Å². The monoisotopic (exact) mass is 237 g/mol. The van der Waals surface area contributed by atoms with Gasteiger partial charge in [0.25, 0.3) is 0 Å². The molecule has 0 unspecified atom stereocenters. The quantitative estimate of drug-likeness (QED) is 0.796. The van der Waals surface area contributed by atoms with E-state index in [1.54, 1.807) is 0 Å². The Labute approximate surface area is 102 Å². The maximum absolute atomic E-state index is 6.12. The number of hydrogen-bond acceptors (Lipinski definition) is 2. The SMILES string of the molecule is C#CCOc1cccc(Cl)c1CNC(C)C. The van der Waals surface area contributed by atoms with Gasteiger partial charge in [0.15, 0.2) is 0 Å². The van der Waals surface area contributed by atoms with Crippen molar-refractivity contribution in [3.63, 3.8) is 0 Å². The van der Waals surface area contributed by atoms with Crippen LogP contribution in [0.1, 0.15) is 19.4 Å². The zero-order valence-electron chi connectivity index (χ0n) is 9.59. The van der Waals surface area contributed by atoms with Crippen LogP contribution in [0.3, 0.4) is 0 Å². The van der Waals surface area contributed by atoms with Gasteiger partial charge >= 0.3 is 0 Å². The van der Waals surface area contributed by atoms with Crippen molar-refractivity contribution in [1.29, 1.82) is 0 Å². The molecule has 0 radical (unpaired) electrons. The van der Waals surface area contributed by atoms with Crippen LogP contribution in [-0.2, 0) is 6.54 Å². The molecule has 0 fully saturated rings. The summed E-state index contributed by atoms with van der Waals surface area (Å²) < 4.78 is 5.44. The molecule has 1 aromatic carbocycles. The predicted molar refractivity (Wildman–Crippen MR) is 67.8 cm³/mol. The number of benzene rings is 1. The maximum Gasteiger partial charge on any atom is 0.148 e. The van der Waals surface area contributed by atoms with Gasteiger partial charge in [0.1, 0.15) is 12.4 Å². The van der Waals surface area contributed by atoms with Crippen LogP contribution in [-0.4, -0.2) is 12.6 Å². The molecule has 1 aromatic rings. The van der Waals surface area contributed by atoms with Gasteiger partial charge in [-0.15, -0.1) is 6.42 Å². The predicted octanol–water partition coefficient (Wildman–Crippen LogP) is 2.85. The molecule has 0 heterocycles. The first kappa shape index (κ1) is 12.9. The van der Waals surface area contributed by atoms with Gasteiger partial charge in [-0.2, -0.15) is 0 Å². The Morgan fingerprint density at radius 2 is 2.25 bits per heavy atom. The van der Waals surface area contributed by atoms with E-state index >= 15 is 0 Å². The molecule has 0 aliphatic heterocycles. The number of nitrogens with one attached hydrogen (secondary N) is 1. The minimum atomic E-state index is 0.259. The second-order valence-corrected chi connectivity index (χ2v) is 4.15. The first-order chi connectivity index (χ1) is 7.65. The third-order valence-corrected chi connectivity index (χ3v) is 2.43. The van der Waals surface area contributed by atoms with Crippen LogP contribution in [0.2, 0.25) is 5.02 Å². The molecule has 0 bridgehead atoms. The van der Waals surface area contributed by atoms with Crippen molar-refractivity contribution in [3.8, 4) is 18.1 Å². The Kier molecular flexibility index (Phi) is 5.18. The molecule has 0 aliphatic rings. The molecular weight excluding hydrogens is 222 g/mol. The lowest BCUT2D eigenvalue weighted by atomic mass is 10.2. The van der Waals surface area contributed by atoms with Crippen molar-refractivity contribution in [2.24, 2.45) is 0 Å². The Morgan fingerprint density at radius 3 is 2.88 bits per heavy atom. The molecule has 0 aliphatic carbocycles. The first-order valence-corrected chi connectivity index (χ1v) is 5.60. The summed E-state index contributed by atoms with van der Waals surface area (Å²) >= 11 is 6.12. The molecule has 3 heteroatoms.